The van der Waals surface area contributed by atoms with Crippen LogP contribution in [-0.2, 0) is 9.59 Å². The summed E-state index contributed by atoms with van der Waals surface area (Å²) in [5, 5.41) is 10.8. The van der Waals surface area contributed by atoms with Gasteiger partial charge in [-0.25, -0.2) is 20.4 Å². The van der Waals surface area contributed by atoms with Crippen LogP contribution in [0, 0.1) is 10.8 Å². The van der Waals surface area contributed by atoms with Gasteiger partial charge in [-0.15, -0.1) is 0 Å². The molecule has 4 nitrogen and oxygen atoms in total. The minimum Gasteiger partial charge on any atom is -0.222 e. The maximum absolute atomic E-state index is 8.35. The summed E-state index contributed by atoms with van der Waals surface area (Å²) >= 11 is 14.4. The van der Waals surface area contributed by atoms with Gasteiger partial charge in [-0.05, 0) is 0 Å². The molecule has 0 aliphatic carbocycles. The fourth-order valence-electron chi connectivity index (χ4n) is 0. The Balaban J connectivity index is -0.0000000750. The van der Waals surface area contributed by atoms with Crippen molar-refractivity contribution in [3.8, 4) is 0 Å². The zero-order valence-corrected chi connectivity index (χ0v) is 6.80. The molecule has 0 radical (unpaired) electrons. The second kappa shape index (κ2) is 23.4. The zero-order valence-electron chi connectivity index (χ0n) is 4.53. The highest BCUT2D eigenvalue weighted by Gasteiger charge is 1.78. The van der Waals surface area contributed by atoms with Crippen molar-refractivity contribution in [1.82, 2.24) is 0 Å². The second-order valence-electron chi connectivity index (χ2n) is 0.452. The smallest absolute Gasteiger partial charge is 0.222 e. The van der Waals surface area contributed by atoms with Crippen molar-refractivity contribution < 1.29 is 9.59 Å². The van der Waals surface area contributed by atoms with Crippen LogP contribution in [0.15, 0.2) is 0 Å². The number of halogens is 3. The van der Waals surface area contributed by atoms with Crippen molar-refractivity contribution in [3.63, 3.8) is 0 Å². The summed E-state index contributed by atoms with van der Waals surface area (Å²) in [6.45, 7) is 0. The summed E-state index contributed by atoms with van der Waals surface area (Å²) in [6.07, 6.45) is 1.50. The molecular weight excluding hydrogens is 202 g/mol. The molecule has 7 heteroatoms. The molecule has 0 aliphatic rings. The van der Waals surface area contributed by atoms with Crippen molar-refractivity contribution >= 4 is 47.0 Å². The lowest BCUT2D eigenvalue weighted by Gasteiger charge is -1.69. The lowest BCUT2D eigenvalue weighted by atomic mass is 11.7. The number of nitrogens with one attached hydrogen (secondary N) is 2. The van der Waals surface area contributed by atoms with Gasteiger partial charge in [0.05, 0.1) is 0 Å². The highest BCUT2D eigenvalue weighted by molar-refractivity contribution is 6.63. The van der Waals surface area contributed by atoms with Crippen LogP contribution in [0.1, 0.15) is 0 Å². The molecule has 0 unspecified atom stereocenters. The Morgan fingerprint density at radius 1 is 1.00 bits per heavy atom. The van der Waals surface area contributed by atoms with Crippen molar-refractivity contribution in [2.45, 2.75) is 4.30 Å². The molecule has 0 fully saturated rings. The van der Waals surface area contributed by atoms with Gasteiger partial charge in [-0.3, -0.25) is 0 Å². The molecule has 0 aliphatic heterocycles. The predicted octanol–water partition coefficient (Wildman–Crippen LogP) is 1.79. The van der Waals surface area contributed by atoms with E-state index in [2.05, 4.69) is 0 Å². The van der Waals surface area contributed by atoms with Crippen LogP contribution in [0.25, 0.3) is 0 Å². The topological polar surface area (TPSA) is 81.8 Å². The molecule has 0 aromatic carbocycles. The maximum atomic E-state index is 8.35. The van der Waals surface area contributed by atoms with Gasteiger partial charge in [-0.1, -0.05) is 34.8 Å². The van der Waals surface area contributed by atoms with Crippen LogP contribution in [0.2, 0.25) is 0 Å². The first-order valence-electron chi connectivity index (χ1n) is 1.56. The third-order valence-corrected chi connectivity index (χ3v) is 0. The highest BCUT2D eigenvalue weighted by atomic mass is 35.6. The Hall–Kier alpha value is -0.370. The van der Waals surface area contributed by atoms with E-state index in [1.54, 1.807) is 0 Å². The standard InChI is InChI=1S/CHCl3.2CHNO/c2-1(3)4;2*2-1-3/h1H;2*2H. The number of hydrogen-bond donors (Lipinski definition) is 2. The second-order valence-corrected chi connectivity index (χ2v) is 2.43. The van der Waals surface area contributed by atoms with Gasteiger partial charge in [0, 0.05) is 0 Å². The number of isocyanates is 2. The van der Waals surface area contributed by atoms with E-state index in [0.29, 0.717) is 0 Å². The van der Waals surface area contributed by atoms with E-state index in [9.17, 15) is 0 Å². The van der Waals surface area contributed by atoms with Crippen LogP contribution >= 0.6 is 34.8 Å². The Bertz CT molecular complexity index is 100. The lowest BCUT2D eigenvalue weighted by molar-refractivity contribution is 0.562. The molecule has 0 amide bonds. The van der Waals surface area contributed by atoms with Crippen LogP contribution in [0.5, 0.6) is 0 Å². The monoisotopic (exact) mass is 204 g/mol. The quantitative estimate of drug-likeness (QED) is 0.359. The van der Waals surface area contributed by atoms with Crippen molar-refractivity contribution in [2.24, 2.45) is 0 Å². The molecule has 58 valence electrons. The molecule has 0 saturated carbocycles. The first kappa shape index (κ1) is 16.3. The normalized spacial score (nSPS) is 5.20. The molecule has 0 saturated heterocycles. The molecule has 0 rings (SSSR count). The summed E-state index contributed by atoms with van der Waals surface area (Å²) in [7, 11) is 0. The van der Waals surface area contributed by atoms with Gasteiger partial charge in [0.1, 0.15) is 0 Å². The van der Waals surface area contributed by atoms with Gasteiger partial charge in [0.2, 0.25) is 12.2 Å². The Labute approximate surface area is 72.1 Å². The number of hydrogen-bond acceptors (Lipinski definition) is 4. The van der Waals surface area contributed by atoms with Gasteiger partial charge in [-0.2, -0.15) is 0 Å². The average Bonchev–Trinajstić information content (AvgIpc) is 1.65. The fourth-order valence-corrected chi connectivity index (χ4v) is 0. The van der Waals surface area contributed by atoms with E-state index >= 15 is 0 Å². The van der Waals surface area contributed by atoms with Crippen LogP contribution in [0.4, 0.5) is 0 Å². The van der Waals surface area contributed by atoms with Crippen molar-refractivity contribution in [2.75, 3.05) is 0 Å². The lowest BCUT2D eigenvalue weighted by Crippen LogP contribution is -1.55. The third kappa shape index (κ3) is 2450. The van der Waals surface area contributed by atoms with Gasteiger partial charge < -0.3 is 0 Å². The maximum Gasteiger partial charge on any atom is 0.231 e. The Morgan fingerprint density at radius 3 is 1.00 bits per heavy atom. The minimum atomic E-state index is -0.750. The van der Waals surface area contributed by atoms with Gasteiger partial charge in [0.15, 0.2) is 4.30 Å². The van der Waals surface area contributed by atoms with Crippen molar-refractivity contribution in [1.29, 1.82) is 10.8 Å². The molecule has 0 aromatic heterocycles. The van der Waals surface area contributed by atoms with E-state index in [-0.39, 0.29) is 0 Å². The van der Waals surface area contributed by atoms with Crippen LogP contribution < -0.4 is 0 Å². The van der Waals surface area contributed by atoms with E-state index in [4.69, 9.17) is 55.2 Å². The Kier molecular flexibility index (Phi) is 38.2. The minimum absolute atomic E-state index is 0.750. The van der Waals surface area contributed by atoms with Crippen LogP contribution in [-0.4, -0.2) is 16.5 Å². The molecule has 0 heterocycles. The molecule has 2 N–H and O–H groups in total. The van der Waals surface area contributed by atoms with E-state index in [1.807, 2.05) is 0 Å². The molecule has 10 heavy (non-hydrogen) atoms. The molecular formula is C3H3Cl3N2O2. The van der Waals surface area contributed by atoms with Gasteiger partial charge in [0.25, 0.3) is 0 Å². The molecule has 0 spiro atoms. The summed E-state index contributed by atoms with van der Waals surface area (Å²) < 4.78 is -0.750. The summed E-state index contributed by atoms with van der Waals surface area (Å²) in [5.41, 5.74) is 0. The molecule has 0 aromatic rings. The first-order chi connectivity index (χ1) is 4.56. The number of carbonyl (C=O) groups excluding carboxylic acids is 2. The summed E-state index contributed by atoms with van der Waals surface area (Å²) in [5.74, 6) is 0. The van der Waals surface area contributed by atoms with E-state index in [0.717, 1.165) is 12.2 Å². The Morgan fingerprint density at radius 2 is 1.00 bits per heavy atom. The number of alkyl halides is 3. The largest absolute Gasteiger partial charge is 0.231 e. The van der Waals surface area contributed by atoms with Crippen molar-refractivity contribution in [3.05, 3.63) is 0 Å². The highest BCUT2D eigenvalue weighted by Crippen LogP contribution is 2.03. The summed E-state index contributed by atoms with van der Waals surface area (Å²) in [4.78, 5) is 16.7. The number of rotatable bonds is 0. The first-order valence-corrected chi connectivity index (χ1v) is 2.87. The molecule has 0 atom stereocenters. The average molecular weight is 205 g/mol. The third-order valence-electron chi connectivity index (χ3n) is 0. The summed E-state index contributed by atoms with van der Waals surface area (Å²) in [6, 6.07) is 0. The van der Waals surface area contributed by atoms with E-state index < -0.39 is 4.30 Å². The fraction of sp³-hybridized carbons (Fsp3) is 0.333. The molecule has 0 bridgehead atoms. The van der Waals surface area contributed by atoms with E-state index in [1.165, 1.54) is 0 Å². The SMILES string of the molecule is ClC(Cl)Cl.N=C=O.N=C=O. The van der Waals surface area contributed by atoms with Crippen LogP contribution in [0.3, 0.4) is 0 Å². The predicted molar refractivity (Wildman–Crippen MR) is 38.2 cm³/mol. The van der Waals surface area contributed by atoms with Gasteiger partial charge >= 0.3 is 0 Å². The zero-order chi connectivity index (χ0) is 8.99.